The van der Waals surface area contributed by atoms with E-state index >= 15 is 0 Å². The fourth-order valence-corrected chi connectivity index (χ4v) is 1.70. The van der Waals surface area contributed by atoms with Gasteiger partial charge in [0.05, 0.1) is 13.2 Å². The van der Waals surface area contributed by atoms with Gasteiger partial charge in [-0.15, -0.1) is 0 Å². The second kappa shape index (κ2) is 6.29. The zero-order valence-electron chi connectivity index (χ0n) is 9.69. The molecule has 1 saturated heterocycles. The van der Waals surface area contributed by atoms with Crippen molar-refractivity contribution in [1.82, 2.24) is 0 Å². The number of hydrogen-bond donors (Lipinski definition) is 1. The smallest absolute Gasteiger partial charge is 0.119 e. The molecule has 0 radical (unpaired) electrons. The molecule has 1 aliphatic heterocycles. The first kappa shape index (κ1) is 12.0. The Labute approximate surface area is 101 Å². The summed E-state index contributed by atoms with van der Waals surface area (Å²) in [5.41, 5.74) is 0.885. The van der Waals surface area contributed by atoms with Crippen LogP contribution in [0.4, 0.5) is 0 Å². The molecule has 1 heterocycles. The maximum atomic E-state index is 8.58. The Morgan fingerprint density at radius 3 is 2.82 bits per heavy atom. The minimum absolute atomic E-state index is 0.111. The Balaban J connectivity index is 1.84. The number of ether oxygens (including phenoxy) is 2. The minimum atomic E-state index is -0.111. The van der Waals surface area contributed by atoms with Crippen LogP contribution in [0.15, 0.2) is 24.3 Å². The molecule has 3 nitrogen and oxygen atoms in total. The van der Waals surface area contributed by atoms with Gasteiger partial charge in [-0.1, -0.05) is 11.8 Å². The van der Waals surface area contributed by atoms with Crippen LogP contribution in [0.25, 0.3) is 0 Å². The van der Waals surface area contributed by atoms with E-state index in [2.05, 4.69) is 11.8 Å². The van der Waals surface area contributed by atoms with Gasteiger partial charge in [-0.2, -0.15) is 0 Å². The van der Waals surface area contributed by atoms with E-state index in [0.29, 0.717) is 12.5 Å². The van der Waals surface area contributed by atoms with E-state index in [1.807, 2.05) is 24.3 Å². The first-order valence-electron chi connectivity index (χ1n) is 5.79. The van der Waals surface area contributed by atoms with Crippen LogP contribution in [-0.2, 0) is 4.74 Å². The van der Waals surface area contributed by atoms with Gasteiger partial charge in [0.15, 0.2) is 0 Å². The molecule has 17 heavy (non-hydrogen) atoms. The third-order valence-corrected chi connectivity index (χ3v) is 2.68. The van der Waals surface area contributed by atoms with E-state index in [9.17, 15) is 0 Å². The molecular formula is C14H16O3. The van der Waals surface area contributed by atoms with Gasteiger partial charge in [-0.25, -0.2) is 0 Å². The van der Waals surface area contributed by atoms with Crippen molar-refractivity contribution in [2.45, 2.75) is 6.42 Å². The van der Waals surface area contributed by atoms with Crippen molar-refractivity contribution < 1.29 is 14.6 Å². The Bertz CT molecular complexity index is 394. The molecule has 0 aromatic heterocycles. The Morgan fingerprint density at radius 2 is 2.18 bits per heavy atom. The molecule has 1 N–H and O–H groups in total. The van der Waals surface area contributed by atoms with E-state index in [-0.39, 0.29) is 6.61 Å². The average molecular weight is 232 g/mol. The average Bonchev–Trinajstić information content (AvgIpc) is 2.88. The predicted molar refractivity (Wildman–Crippen MR) is 64.8 cm³/mol. The van der Waals surface area contributed by atoms with Crippen molar-refractivity contribution in [3.63, 3.8) is 0 Å². The standard InChI is InChI=1S/C14H16O3/c15-8-1-2-12-3-5-14(6-4-12)17-11-13-7-9-16-10-13/h3-6,13,15H,7-11H2. The van der Waals surface area contributed by atoms with Crippen LogP contribution >= 0.6 is 0 Å². The fraction of sp³-hybridized carbons (Fsp3) is 0.429. The Hall–Kier alpha value is -1.50. The lowest BCUT2D eigenvalue weighted by Crippen LogP contribution is -2.11. The van der Waals surface area contributed by atoms with Gasteiger partial charge in [0.1, 0.15) is 12.4 Å². The summed E-state index contributed by atoms with van der Waals surface area (Å²) in [4.78, 5) is 0. The normalized spacial score (nSPS) is 18.5. The lowest BCUT2D eigenvalue weighted by molar-refractivity contribution is 0.167. The highest BCUT2D eigenvalue weighted by molar-refractivity contribution is 5.38. The quantitative estimate of drug-likeness (QED) is 0.802. The van der Waals surface area contributed by atoms with E-state index in [0.717, 1.165) is 30.9 Å². The molecule has 1 aromatic rings. The van der Waals surface area contributed by atoms with E-state index < -0.39 is 0 Å². The Kier molecular flexibility index (Phi) is 4.43. The van der Waals surface area contributed by atoms with Crippen LogP contribution < -0.4 is 4.74 Å². The highest BCUT2D eigenvalue weighted by Gasteiger charge is 2.15. The van der Waals surface area contributed by atoms with Crippen LogP contribution in [0.3, 0.4) is 0 Å². The zero-order chi connectivity index (χ0) is 11.9. The lowest BCUT2D eigenvalue weighted by atomic mass is 10.1. The van der Waals surface area contributed by atoms with Crippen molar-refractivity contribution in [3.05, 3.63) is 29.8 Å². The molecule has 0 spiro atoms. The lowest BCUT2D eigenvalue weighted by Gasteiger charge is -2.09. The summed E-state index contributed by atoms with van der Waals surface area (Å²) in [5, 5.41) is 8.58. The summed E-state index contributed by atoms with van der Waals surface area (Å²) in [7, 11) is 0. The molecule has 3 heteroatoms. The number of aliphatic hydroxyl groups excluding tert-OH is 1. The molecule has 0 bridgehead atoms. The van der Waals surface area contributed by atoms with Crippen molar-refractivity contribution in [3.8, 4) is 17.6 Å². The van der Waals surface area contributed by atoms with Crippen molar-refractivity contribution in [1.29, 1.82) is 0 Å². The van der Waals surface area contributed by atoms with Gasteiger partial charge in [0.2, 0.25) is 0 Å². The first-order valence-corrected chi connectivity index (χ1v) is 5.79. The van der Waals surface area contributed by atoms with Crippen LogP contribution in [0.5, 0.6) is 5.75 Å². The van der Waals surface area contributed by atoms with Crippen LogP contribution in [-0.4, -0.2) is 31.5 Å². The molecule has 1 aromatic carbocycles. The molecular weight excluding hydrogens is 216 g/mol. The Morgan fingerprint density at radius 1 is 1.35 bits per heavy atom. The van der Waals surface area contributed by atoms with E-state index in [1.165, 1.54) is 0 Å². The maximum Gasteiger partial charge on any atom is 0.119 e. The topological polar surface area (TPSA) is 38.7 Å². The summed E-state index contributed by atoms with van der Waals surface area (Å²) in [5.74, 6) is 6.82. The van der Waals surface area contributed by atoms with E-state index in [1.54, 1.807) is 0 Å². The third kappa shape index (κ3) is 3.77. The minimum Gasteiger partial charge on any atom is -0.493 e. The second-order valence-electron chi connectivity index (χ2n) is 4.02. The fourth-order valence-electron chi connectivity index (χ4n) is 1.70. The van der Waals surface area contributed by atoms with Crippen LogP contribution in [0.2, 0.25) is 0 Å². The molecule has 2 rings (SSSR count). The van der Waals surface area contributed by atoms with Crippen molar-refractivity contribution in [2.24, 2.45) is 5.92 Å². The van der Waals surface area contributed by atoms with Gasteiger partial charge in [0.25, 0.3) is 0 Å². The number of hydrogen-bond acceptors (Lipinski definition) is 3. The SMILES string of the molecule is OCC#Cc1ccc(OCC2CCOC2)cc1. The monoisotopic (exact) mass is 232 g/mol. The molecule has 1 aliphatic rings. The van der Waals surface area contributed by atoms with Gasteiger partial charge < -0.3 is 14.6 Å². The molecule has 1 fully saturated rings. The number of benzene rings is 1. The maximum absolute atomic E-state index is 8.58. The van der Waals surface area contributed by atoms with Gasteiger partial charge >= 0.3 is 0 Å². The summed E-state index contributed by atoms with van der Waals surface area (Å²) >= 11 is 0. The zero-order valence-corrected chi connectivity index (χ0v) is 9.69. The second-order valence-corrected chi connectivity index (χ2v) is 4.02. The first-order chi connectivity index (χ1) is 8.38. The molecule has 1 unspecified atom stereocenters. The largest absolute Gasteiger partial charge is 0.493 e. The highest BCUT2D eigenvalue weighted by Crippen LogP contribution is 2.16. The molecule has 1 atom stereocenters. The van der Waals surface area contributed by atoms with Crippen molar-refractivity contribution >= 4 is 0 Å². The summed E-state index contributed by atoms with van der Waals surface area (Å²) in [6.07, 6.45) is 1.08. The summed E-state index contributed by atoms with van der Waals surface area (Å²) < 4.78 is 11.0. The van der Waals surface area contributed by atoms with Crippen LogP contribution in [0.1, 0.15) is 12.0 Å². The van der Waals surface area contributed by atoms with Gasteiger partial charge in [-0.3, -0.25) is 0 Å². The number of rotatable bonds is 3. The molecule has 0 aliphatic carbocycles. The number of aliphatic hydroxyl groups is 1. The van der Waals surface area contributed by atoms with Crippen LogP contribution in [0, 0.1) is 17.8 Å². The van der Waals surface area contributed by atoms with Gasteiger partial charge in [0, 0.05) is 18.1 Å². The summed E-state index contributed by atoms with van der Waals surface area (Å²) in [6.45, 7) is 2.26. The molecule has 0 amide bonds. The molecule has 90 valence electrons. The summed E-state index contributed by atoms with van der Waals surface area (Å²) in [6, 6.07) is 7.58. The van der Waals surface area contributed by atoms with Crippen molar-refractivity contribution in [2.75, 3.05) is 26.4 Å². The predicted octanol–water partition coefficient (Wildman–Crippen LogP) is 1.45. The highest BCUT2D eigenvalue weighted by atomic mass is 16.5. The third-order valence-electron chi connectivity index (χ3n) is 2.68. The van der Waals surface area contributed by atoms with Gasteiger partial charge in [-0.05, 0) is 30.7 Å². The molecule has 0 saturated carbocycles. The van der Waals surface area contributed by atoms with E-state index in [4.69, 9.17) is 14.6 Å².